The van der Waals surface area contributed by atoms with E-state index >= 15 is 4.39 Å². The van der Waals surface area contributed by atoms with E-state index in [4.69, 9.17) is 4.74 Å². The van der Waals surface area contributed by atoms with Crippen LogP contribution in [0.3, 0.4) is 0 Å². The van der Waals surface area contributed by atoms with Crippen molar-refractivity contribution >= 4 is 23.4 Å². The maximum Gasteiger partial charge on any atom is 0.279 e. The largest absolute Gasteiger partial charge is 0.504 e. The molecular formula is C25H27FN4O11. The number of morpholine rings is 1. The number of imide groups is 1. The first-order chi connectivity index (χ1) is 19.4. The number of fused-ring (bicyclic) bond motifs is 1. The Hall–Kier alpha value is -4.54. The number of nitrogens with zero attached hydrogens (tertiary/aromatic N) is 2. The minimum absolute atomic E-state index is 0.0840. The predicted octanol–water partition coefficient (Wildman–Crippen LogP) is -0.415. The fourth-order valence-electron chi connectivity index (χ4n) is 5.20. The molecule has 2 fully saturated rings. The van der Waals surface area contributed by atoms with Crippen LogP contribution < -0.4 is 10.6 Å². The fourth-order valence-corrected chi connectivity index (χ4v) is 5.20. The van der Waals surface area contributed by atoms with E-state index in [0.717, 1.165) is 0 Å². The summed E-state index contributed by atoms with van der Waals surface area (Å²) in [5.41, 5.74) is -4.61. The standard InChI is InChI=1S/C25H27FN4O11/c26-15-10(18(33)19(34)12(17(15)32)8-29-3-5-41-6-4-29)7-27-16-11-9-30(25(40)2-1-13(31)28-24(25)39)23(38)14(11)20(35)22(37)21(16)36/h27,32-37,40H,1-9H2,(H,28,31,39). The van der Waals surface area contributed by atoms with E-state index in [1.54, 1.807) is 4.90 Å². The number of aromatic hydroxyl groups is 6. The van der Waals surface area contributed by atoms with Gasteiger partial charge in [0.1, 0.15) is 0 Å². The number of hydrogen-bond donors (Lipinski definition) is 9. The molecule has 220 valence electrons. The molecule has 1 atom stereocenters. The molecule has 0 aromatic heterocycles. The third-order valence-corrected chi connectivity index (χ3v) is 7.55. The number of phenols is 6. The van der Waals surface area contributed by atoms with Gasteiger partial charge in [-0.25, -0.2) is 4.39 Å². The lowest BCUT2D eigenvalue weighted by molar-refractivity contribution is -0.167. The molecule has 0 saturated carbocycles. The Labute approximate surface area is 230 Å². The number of aliphatic hydroxyl groups is 1. The van der Waals surface area contributed by atoms with Gasteiger partial charge in [-0.05, 0) is 0 Å². The first kappa shape index (κ1) is 28.0. The summed E-state index contributed by atoms with van der Waals surface area (Å²) in [6.45, 7) is 0.286. The Morgan fingerprint density at radius 3 is 2.22 bits per heavy atom. The second-order valence-electron chi connectivity index (χ2n) is 9.92. The summed E-state index contributed by atoms with van der Waals surface area (Å²) in [6, 6.07) is 0. The summed E-state index contributed by atoms with van der Waals surface area (Å²) < 4.78 is 20.5. The van der Waals surface area contributed by atoms with Crippen LogP contribution in [0.25, 0.3) is 0 Å². The summed E-state index contributed by atoms with van der Waals surface area (Å²) in [6.07, 6.45) is -0.768. The monoisotopic (exact) mass is 578 g/mol. The van der Waals surface area contributed by atoms with Gasteiger partial charge >= 0.3 is 0 Å². The topological polar surface area (TPSA) is 233 Å². The molecular weight excluding hydrogens is 551 g/mol. The molecule has 5 rings (SSSR count). The molecule has 0 radical (unpaired) electrons. The quantitative estimate of drug-likeness (QED) is 0.121. The number of carbonyl (C=O) groups is 3. The number of amides is 3. The van der Waals surface area contributed by atoms with Gasteiger partial charge in [-0.1, -0.05) is 0 Å². The van der Waals surface area contributed by atoms with Gasteiger partial charge in [-0.3, -0.25) is 29.5 Å². The number of piperidine rings is 1. The number of anilines is 1. The molecule has 0 aliphatic carbocycles. The molecule has 3 aliphatic heterocycles. The number of benzene rings is 2. The molecule has 2 aromatic carbocycles. The first-order valence-electron chi connectivity index (χ1n) is 12.5. The summed E-state index contributed by atoms with van der Waals surface area (Å²) in [5.74, 6) is -10.1. The minimum Gasteiger partial charge on any atom is -0.504 e. The summed E-state index contributed by atoms with van der Waals surface area (Å²) in [4.78, 5) is 39.6. The Kier molecular flexibility index (Phi) is 6.92. The van der Waals surface area contributed by atoms with Crippen LogP contribution in [0.4, 0.5) is 10.1 Å². The normalized spacial score (nSPS) is 21.2. The Morgan fingerprint density at radius 2 is 1.56 bits per heavy atom. The van der Waals surface area contributed by atoms with Crippen LogP contribution in [0.1, 0.15) is 39.9 Å². The van der Waals surface area contributed by atoms with Gasteiger partial charge in [0.15, 0.2) is 34.6 Å². The SMILES string of the molecule is O=C1CCC(O)(N2Cc3c(NCc4c(O)c(O)c(CN5CCOCC5)c(O)c4F)c(O)c(O)c(O)c3C2=O)C(=O)N1. The predicted molar refractivity (Wildman–Crippen MR) is 133 cm³/mol. The van der Waals surface area contributed by atoms with E-state index < -0.39 is 100 Å². The maximum absolute atomic E-state index is 15.2. The highest BCUT2D eigenvalue weighted by Crippen LogP contribution is 2.51. The van der Waals surface area contributed by atoms with Crippen molar-refractivity contribution in [3.05, 3.63) is 28.1 Å². The molecule has 15 nitrogen and oxygen atoms in total. The molecule has 0 spiro atoms. The molecule has 2 aromatic rings. The van der Waals surface area contributed by atoms with E-state index in [2.05, 4.69) is 5.32 Å². The molecule has 3 heterocycles. The number of ether oxygens (including phenoxy) is 1. The van der Waals surface area contributed by atoms with Crippen LogP contribution >= 0.6 is 0 Å². The van der Waals surface area contributed by atoms with Crippen LogP contribution in [0, 0.1) is 5.82 Å². The molecule has 3 amide bonds. The van der Waals surface area contributed by atoms with Crippen molar-refractivity contribution in [1.82, 2.24) is 15.1 Å². The summed E-state index contributed by atoms with van der Waals surface area (Å²) >= 11 is 0. The zero-order valence-electron chi connectivity index (χ0n) is 21.4. The van der Waals surface area contributed by atoms with Crippen molar-refractivity contribution in [2.45, 2.75) is 38.2 Å². The van der Waals surface area contributed by atoms with E-state index in [1.807, 2.05) is 5.32 Å². The third kappa shape index (κ3) is 4.45. The van der Waals surface area contributed by atoms with Gasteiger partial charge in [0, 0.05) is 44.6 Å². The van der Waals surface area contributed by atoms with Gasteiger partial charge < -0.3 is 45.8 Å². The highest BCUT2D eigenvalue weighted by atomic mass is 19.1. The van der Waals surface area contributed by atoms with Gasteiger partial charge in [0.2, 0.25) is 17.4 Å². The molecule has 9 N–H and O–H groups in total. The van der Waals surface area contributed by atoms with Gasteiger partial charge in [-0.15, -0.1) is 0 Å². The summed E-state index contributed by atoms with van der Waals surface area (Å²) in [7, 11) is 0. The number of halogens is 1. The minimum atomic E-state index is -2.50. The number of hydrogen-bond acceptors (Lipinski definition) is 13. The average Bonchev–Trinajstić information content (AvgIpc) is 3.30. The Balaban J connectivity index is 1.47. The fraction of sp³-hybridized carbons (Fsp3) is 0.400. The van der Waals surface area contributed by atoms with Crippen molar-refractivity contribution in [3.63, 3.8) is 0 Å². The molecule has 3 aliphatic rings. The van der Waals surface area contributed by atoms with E-state index in [1.165, 1.54) is 0 Å². The smallest absolute Gasteiger partial charge is 0.279 e. The lowest BCUT2D eigenvalue weighted by Crippen LogP contribution is -2.63. The van der Waals surface area contributed by atoms with Crippen molar-refractivity contribution in [3.8, 4) is 34.5 Å². The van der Waals surface area contributed by atoms with Crippen LogP contribution in [-0.2, 0) is 34.0 Å². The average molecular weight is 579 g/mol. The highest BCUT2D eigenvalue weighted by Gasteiger charge is 2.52. The Bertz CT molecular complexity index is 1450. The summed E-state index contributed by atoms with van der Waals surface area (Å²) in [5, 5.41) is 78.3. The van der Waals surface area contributed by atoms with E-state index in [-0.39, 0.29) is 24.1 Å². The highest BCUT2D eigenvalue weighted by molar-refractivity contribution is 6.09. The lowest BCUT2D eigenvalue weighted by atomic mass is 10.00. The second-order valence-corrected chi connectivity index (χ2v) is 9.92. The molecule has 0 bridgehead atoms. The van der Waals surface area contributed by atoms with Crippen LogP contribution in [0.15, 0.2) is 0 Å². The molecule has 1 unspecified atom stereocenters. The van der Waals surface area contributed by atoms with Crippen molar-refractivity contribution < 1.29 is 59.3 Å². The van der Waals surface area contributed by atoms with Crippen LogP contribution in [0.5, 0.6) is 34.5 Å². The van der Waals surface area contributed by atoms with Gasteiger partial charge in [-0.2, -0.15) is 0 Å². The van der Waals surface area contributed by atoms with E-state index in [0.29, 0.717) is 31.2 Å². The zero-order chi connectivity index (χ0) is 29.8. The number of nitrogens with one attached hydrogen (secondary N) is 2. The van der Waals surface area contributed by atoms with Gasteiger partial charge in [0.05, 0.1) is 42.1 Å². The number of carbonyl (C=O) groups excluding carboxylic acids is 3. The van der Waals surface area contributed by atoms with Crippen LogP contribution in [-0.4, -0.2) is 95.3 Å². The Morgan fingerprint density at radius 1 is 0.902 bits per heavy atom. The van der Waals surface area contributed by atoms with Crippen molar-refractivity contribution in [2.24, 2.45) is 0 Å². The zero-order valence-corrected chi connectivity index (χ0v) is 21.4. The number of rotatable bonds is 6. The molecule has 2 saturated heterocycles. The second kappa shape index (κ2) is 10.1. The van der Waals surface area contributed by atoms with Crippen LogP contribution in [0.2, 0.25) is 0 Å². The van der Waals surface area contributed by atoms with Crippen molar-refractivity contribution in [1.29, 1.82) is 0 Å². The first-order valence-corrected chi connectivity index (χ1v) is 12.5. The lowest BCUT2D eigenvalue weighted by Gasteiger charge is -2.37. The molecule has 16 heteroatoms. The molecule has 41 heavy (non-hydrogen) atoms. The maximum atomic E-state index is 15.2. The number of phenolic OH excluding ortho intramolecular Hbond substituents is 6. The van der Waals surface area contributed by atoms with E-state index in [9.17, 15) is 50.1 Å². The third-order valence-electron chi connectivity index (χ3n) is 7.55. The van der Waals surface area contributed by atoms with Crippen molar-refractivity contribution in [2.75, 3.05) is 31.6 Å². The van der Waals surface area contributed by atoms with Gasteiger partial charge in [0.25, 0.3) is 11.8 Å².